The van der Waals surface area contributed by atoms with Crippen LogP contribution in [-0.4, -0.2) is 43.0 Å². The standard InChI is InChI=1S/C16H20N8O/c17-16(6-1-7-16)15-19-14(25-22-15)11-4-8-23(9-5-11)13-3-2-12-20-18-10-24(12)21-13/h2-3,10-11H,1,4-9,17H2. The van der Waals surface area contributed by atoms with Crippen molar-refractivity contribution in [2.45, 2.75) is 43.6 Å². The van der Waals surface area contributed by atoms with Crippen LogP contribution >= 0.6 is 0 Å². The summed E-state index contributed by atoms with van der Waals surface area (Å²) in [6.45, 7) is 1.80. The van der Waals surface area contributed by atoms with Gasteiger partial charge in [-0.1, -0.05) is 5.16 Å². The van der Waals surface area contributed by atoms with Crippen molar-refractivity contribution in [2.75, 3.05) is 18.0 Å². The monoisotopic (exact) mass is 340 g/mol. The molecule has 1 aliphatic carbocycles. The summed E-state index contributed by atoms with van der Waals surface area (Å²) in [5, 5.41) is 16.5. The quantitative estimate of drug-likeness (QED) is 0.758. The van der Waals surface area contributed by atoms with Gasteiger partial charge >= 0.3 is 0 Å². The summed E-state index contributed by atoms with van der Waals surface area (Å²) >= 11 is 0. The highest BCUT2D eigenvalue weighted by Gasteiger charge is 2.39. The lowest BCUT2D eigenvalue weighted by Gasteiger charge is -2.34. The Bertz CT molecular complexity index is 890. The lowest BCUT2D eigenvalue weighted by molar-refractivity contribution is 0.228. The van der Waals surface area contributed by atoms with Crippen molar-refractivity contribution in [1.82, 2.24) is 30.0 Å². The molecule has 2 fully saturated rings. The number of rotatable bonds is 3. The van der Waals surface area contributed by atoms with Crippen molar-refractivity contribution >= 4 is 11.5 Å². The molecule has 2 aliphatic rings. The number of nitrogens with zero attached hydrogens (tertiary/aromatic N) is 7. The van der Waals surface area contributed by atoms with Crippen LogP contribution < -0.4 is 10.6 Å². The van der Waals surface area contributed by atoms with Gasteiger partial charge in [0.2, 0.25) is 5.89 Å². The SMILES string of the molecule is NC1(c2noc(C3CCN(c4ccc5nncn5n4)CC3)n2)CCC1. The van der Waals surface area contributed by atoms with Gasteiger partial charge in [-0.15, -0.1) is 15.3 Å². The van der Waals surface area contributed by atoms with Crippen LogP contribution in [0, 0.1) is 0 Å². The van der Waals surface area contributed by atoms with Gasteiger partial charge in [0.15, 0.2) is 11.5 Å². The number of hydrogen-bond acceptors (Lipinski definition) is 8. The van der Waals surface area contributed by atoms with Crippen LogP contribution in [0.3, 0.4) is 0 Å². The second-order valence-electron chi connectivity index (χ2n) is 7.05. The average Bonchev–Trinajstić information content (AvgIpc) is 3.28. The second-order valence-corrected chi connectivity index (χ2v) is 7.05. The molecule has 5 rings (SSSR count). The Hall–Kier alpha value is -2.55. The Labute approximate surface area is 144 Å². The first-order valence-electron chi connectivity index (χ1n) is 8.76. The Kier molecular flexibility index (Phi) is 3.24. The molecule has 1 saturated carbocycles. The molecular weight excluding hydrogens is 320 g/mol. The van der Waals surface area contributed by atoms with E-state index in [9.17, 15) is 0 Å². The highest BCUT2D eigenvalue weighted by atomic mass is 16.5. The number of aromatic nitrogens is 6. The summed E-state index contributed by atoms with van der Waals surface area (Å²) in [5.74, 6) is 2.64. The van der Waals surface area contributed by atoms with Crippen LogP contribution in [0.25, 0.3) is 5.65 Å². The van der Waals surface area contributed by atoms with E-state index in [0.29, 0.717) is 11.7 Å². The molecule has 1 aliphatic heterocycles. The fraction of sp³-hybridized carbons (Fsp3) is 0.562. The molecule has 25 heavy (non-hydrogen) atoms. The first-order valence-corrected chi connectivity index (χ1v) is 8.76. The van der Waals surface area contributed by atoms with Gasteiger partial charge in [0, 0.05) is 19.0 Å². The lowest BCUT2D eigenvalue weighted by Crippen LogP contribution is -2.44. The third-order valence-electron chi connectivity index (χ3n) is 5.45. The fourth-order valence-corrected chi connectivity index (χ4v) is 3.63. The summed E-state index contributed by atoms with van der Waals surface area (Å²) in [7, 11) is 0. The molecule has 4 heterocycles. The van der Waals surface area contributed by atoms with Crippen molar-refractivity contribution in [3.63, 3.8) is 0 Å². The Morgan fingerprint density at radius 1 is 1.20 bits per heavy atom. The minimum atomic E-state index is -0.360. The van der Waals surface area contributed by atoms with Crippen LogP contribution in [0.4, 0.5) is 5.82 Å². The summed E-state index contributed by atoms with van der Waals surface area (Å²) in [4.78, 5) is 6.87. The first-order chi connectivity index (χ1) is 12.2. The van der Waals surface area contributed by atoms with Gasteiger partial charge < -0.3 is 15.2 Å². The van der Waals surface area contributed by atoms with Crippen molar-refractivity contribution in [3.05, 3.63) is 30.2 Å². The predicted octanol–water partition coefficient (Wildman–Crippen LogP) is 1.23. The van der Waals surface area contributed by atoms with E-state index in [2.05, 4.69) is 30.3 Å². The van der Waals surface area contributed by atoms with Crippen LogP contribution in [0.2, 0.25) is 0 Å². The second kappa shape index (κ2) is 5.48. The highest BCUT2D eigenvalue weighted by molar-refractivity contribution is 5.45. The van der Waals surface area contributed by atoms with Crippen molar-refractivity contribution in [3.8, 4) is 0 Å². The molecule has 9 nitrogen and oxygen atoms in total. The van der Waals surface area contributed by atoms with E-state index in [1.165, 1.54) is 0 Å². The van der Waals surface area contributed by atoms with Crippen molar-refractivity contribution in [1.29, 1.82) is 0 Å². The average molecular weight is 340 g/mol. The summed E-state index contributed by atoms with van der Waals surface area (Å²) in [5.41, 5.74) is 6.68. The third kappa shape index (κ3) is 2.46. The summed E-state index contributed by atoms with van der Waals surface area (Å²) in [6.07, 6.45) is 6.57. The van der Waals surface area contributed by atoms with E-state index in [-0.39, 0.29) is 5.54 Å². The fourth-order valence-electron chi connectivity index (χ4n) is 3.63. The summed E-state index contributed by atoms with van der Waals surface area (Å²) < 4.78 is 7.22. The maximum Gasteiger partial charge on any atom is 0.229 e. The molecule has 130 valence electrons. The molecule has 3 aromatic rings. The first kappa shape index (κ1) is 14.8. The molecule has 0 unspecified atom stereocenters. The Balaban J connectivity index is 1.28. The highest BCUT2D eigenvalue weighted by Crippen LogP contribution is 2.38. The normalized spacial score (nSPS) is 20.8. The molecule has 3 aromatic heterocycles. The molecule has 9 heteroatoms. The zero-order chi connectivity index (χ0) is 16.9. The van der Waals surface area contributed by atoms with E-state index in [0.717, 1.165) is 62.5 Å². The van der Waals surface area contributed by atoms with Gasteiger partial charge in [0.05, 0.1) is 5.54 Å². The zero-order valence-corrected chi connectivity index (χ0v) is 13.9. The largest absolute Gasteiger partial charge is 0.355 e. The van der Waals surface area contributed by atoms with Crippen LogP contribution in [0.5, 0.6) is 0 Å². The van der Waals surface area contributed by atoms with Gasteiger partial charge in [-0.3, -0.25) is 0 Å². The smallest absolute Gasteiger partial charge is 0.229 e. The number of nitrogens with two attached hydrogens (primary N) is 1. The van der Waals surface area contributed by atoms with Crippen molar-refractivity contribution in [2.24, 2.45) is 5.73 Å². The zero-order valence-electron chi connectivity index (χ0n) is 13.9. The summed E-state index contributed by atoms with van der Waals surface area (Å²) in [6, 6.07) is 3.93. The van der Waals surface area contributed by atoms with E-state index in [1.807, 2.05) is 12.1 Å². The van der Waals surface area contributed by atoms with Gasteiger partial charge in [-0.2, -0.15) is 9.50 Å². The Morgan fingerprint density at radius 2 is 2.04 bits per heavy atom. The van der Waals surface area contributed by atoms with E-state index < -0.39 is 0 Å². The predicted molar refractivity (Wildman–Crippen MR) is 89.0 cm³/mol. The minimum absolute atomic E-state index is 0.291. The molecule has 0 atom stereocenters. The molecule has 0 radical (unpaired) electrons. The van der Waals surface area contributed by atoms with E-state index >= 15 is 0 Å². The molecule has 0 bridgehead atoms. The maximum atomic E-state index is 6.29. The maximum absolute atomic E-state index is 6.29. The topological polar surface area (TPSA) is 111 Å². The lowest BCUT2D eigenvalue weighted by atomic mass is 9.77. The van der Waals surface area contributed by atoms with Crippen LogP contribution in [-0.2, 0) is 5.54 Å². The van der Waals surface area contributed by atoms with Crippen molar-refractivity contribution < 1.29 is 4.52 Å². The van der Waals surface area contributed by atoms with E-state index in [1.54, 1.807) is 10.8 Å². The molecule has 0 amide bonds. The molecule has 0 spiro atoms. The van der Waals surface area contributed by atoms with Gasteiger partial charge in [0.25, 0.3) is 0 Å². The number of hydrogen-bond donors (Lipinski definition) is 1. The van der Waals surface area contributed by atoms with Gasteiger partial charge in [0.1, 0.15) is 12.1 Å². The molecular formula is C16H20N8O. The number of piperidine rings is 1. The molecule has 1 saturated heterocycles. The number of anilines is 1. The molecule has 0 aromatic carbocycles. The minimum Gasteiger partial charge on any atom is -0.355 e. The molecule has 2 N–H and O–H groups in total. The third-order valence-corrected chi connectivity index (χ3v) is 5.45. The van der Waals surface area contributed by atoms with E-state index in [4.69, 9.17) is 10.3 Å². The van der Waals surface area contributed by atoms with Crippen LogP contribution in [0.1, 0.15) is 49.7 Å². The van der Waals surface area contributed by atoms with Crippen LogP contribution in [0.15, 0.2) is 23.0 Å². The number of fused-ring (bicyclic) bond motifs is 1. The van der Waals surface area contributed by atoms with Gasteiger partial charge in [-0.25, -0.2) is 0 Å². The Morgan fingerprint density at radius 3 is 2.80 bits per heavy atom. The van der Waals surface area contributed by atoms with Gasteiger partial charge in [-0.05, 0) is 44.2 Å².